The molecule has 13 heteroatoms. The van der Waals surface area contributed by atoms with Gasteiger partial charge in [-0.2, -0.15) is 4.90 Å². The molecule has 0 aliphatic carbocycles. The van der Waals surface area contributed by atoms with Gasteiger partial charge in [0, 0.05) is 23.7 Å². The normalized spacial score (nSPS) is 12.2. The van der Waals surface area contributed by atoms with Crippen LogP contribution >= 0.6 is 0 Å². The van der Waals surface area contributed by atoms with Gasteiger partial charge in [0.15, 0.2) is 27.1 Å². The van der Waals surface area contributed by atoms with E-state index < -0.39 is 38.5 Å². The molecule has 2 aromatic heterocycles. The van der Waals surface area contributed by atoms with Gasteiger partial charge in [-0.25, -0.2) is 28.0 Å². The number of hydrogen-bond acceptors (Lipinski definition) is 11. The van der Waals surface area contributed by atoms with E-state index in [0.29, 0.717) is 28.4 Å². The van der Waals surface area contributed by atoms with Crippen molar-refractivity contribution in [3.8, 4) is 34.0 Å². The highest BCUT2D eigenvalue weighted by Crippen LogP contribution is 2.34. The highest BCUT2D eigenvalue weighted by Gasteiger charge is 2.37. The first-order valence-corrected chi connectivity index (χ1v) is 16.2. The number of carbonyl (C=O) groups excluding carboxylic acids is 2. The number of carbonyl (C=O) groups is 2. The molecule has 12 nitrogen and oxygen atoms in total. The van der Waals surface area contributed by atoms with Crippen molar-refractivity contribution in [1.82, 2.24) is 15.1 Å². The van der Waals surface area contributed by atoms with Crippen molar-refractivity contribution < 1.29 is 32.0 Å². The van der Waals surface area contributed by atoms with E-state index >= 15 is 0 Å². The van der Waals surface area contributed by atoms with Gasteiger partial charge in [0.05, 0.1) is 22.0 Å². The molecule has 0 bridgehead atoms. The summed E-state index contributed by atoms with van der Waals surface area (Å²) in [6.45, 7) is 13.6. The zero-order valence-electron chi connectivity index (χ0n) is 27.2. The fraction of sp³-hybridized carbons (Fsp3) is 0.364. The van der Waals surface area contributed by atoms with E-state index in [1.165, 1.54) is 18.3 Å². The quantitative estimate of drug-likeness (QED) is 0.224. The van der Waals surface area contributed by atoms with Crippen molar-refractivity contribution in [2.75, 3.05) is 4.90 Å². The van der Waals surface area contributed by atoms with Crippen molar-refractivity contribution in [3.05, 3.63) is 66.4 Å². The van der Waals surface area contributed by atoms with Crippen LogP contribution in [-0.4, -0.2) is 52.2 Å². The molecule has 244 valence electrons. The van der Waals surface area contributed by atoms with Crippen LogP contribution in [0.25, 0.3) is 34.0 Å². The third kappa shape index (κ3) is 7.96. The van der Waals surface area contributed by atoms with Crippen molar-refractivity contribution >= 4 is 27.8 Å². The molecule has 0 atom stereocenters. The second-order valence-electron chi connectivity index (χ2n) is 12.8. The molecular weight excluding hydrogens is 610 g/mol. The van der Waals surface area contributed by atoms with Gasteiger partial charge in [-0.15, -0.1) is 0 Å². The minimum Gasteiger partial charge on any atom is -0.443 e. The Hall–Kier alpha value is -4.62. The zero-order chi connectivity index (χ0) is 34.0. The first-order valence-electron chi connectivity index (χ1n) is 14.6. The van der Waals surface area contributed by atoms with Crippen LogP contribution in [0, 0.1) is 0 Å². The lowest BCUT2D eigenvalue weighted by Gasteiger charge is -2.28. The molecule has 0 saturated heterocycles. The summed E-state index contributed by atoms with van der Waals surface area (Å²) in [6.07, 6.45) is -0.717. The van der Waals surface area contributed by atoms with Gasteiger partial charge in [-0.05, 0) is 73.1 Å². The second-order valence-corrected chi connectivity index (χ2v) is 15.3. The number of imide groups is 1. The third-order valence-corrected chi connectivity index (χ3v) is 8.62. The molecule has 0 unspecified atom stereocenters. The van der Waals surface area contributed by atoms with Crippen LogP contribution in [0.5, 0.6) is 0 Å². The molecule has 2 heterocycles. The summed E-state index contributed by atoms with van der Waals surface area (Å²) in [4.78, 5) is 37.1. The van der Waals surface area contributed by atoms with Crippen LogP contribution in [-0.2, 0) is 25.9 Å². The molecule has 0 aliphatic heterocycles. The Balaban J connectivity index is 1.89. The zero-order valence-corrected chi connectivity index (χ0v) is 28.0. The van der Waals surface area contributed by atoms with Crippen LogP contribution in [0.3, 0.4) is 0 Å². The van der Waals surface area contributed by atoms with Crippen LogP contribution in [0.2, 0.25) is 0 Å². The van der Waals surface area contributed by atoms with E-state index in [9.17, 15) is 18.0 Å². The Morgan fingerprint density at radius 2 is 1.39 bits per heavy atom. The Bertz CT molecular complexity index is 1790. The maximum Gasteiger partial charge on any atom is 0.425 e. The van der Waals surface area contributed by atoms with Gasteiger partial charge >= 0.3 is 12.2 Å². The van der Waals surface area contributed by atoms with Gasteiger partial charge in [-0.3, -0.25) is 0 Å². The Morgan fingerprint density at radius 3 is 1.89 bits per heavy atom. The number of amides is 2. The number of benzene rings is 2. The van der Waals surface area contributed by atoms with E-state index in [2.05, 4.69) is 10.1 Å². The molecule has 0 radical (unpaired) electrons. The fourth-order valence-corrected chi connectivity index (χ4v) is 5.20. The average Bonchev–Trinajstić information content (AvgIpc) is 3.46. The minimum absolute atomic E-state index is 0.00887. The molecule has 0 aliphatic rings. The summed E-state index contributed by atoms with van der Waals surface area (Å²) in [5.74, 6) is -0.120. The van der Waals surface area contributed by atoms with E-state index in [1.807, 2.05) is 24.3 Å². The number of aromatic nitrogens is 3. The molecule has 46 heavy (non-hydrogen) atoms. The summed E-state index contributed by atoms with van der Waals surface area (Å²) in [5, 5.41) is 3.60. The molecule has 0 saturated carbocycles. The highest BCUT2D eigenvalue weighted by atomic mass is 32.2. The lowest BCUT2D eigenvalue weighted by atomic mass is 10.1. The maximum absolute atomic E-state index is 13.5. The van der Waals surface area contributed by atoms with Crippen molar-refractivity contribution in [1.29, 1.82) is 0 Å². The van der Waals surface area contributed by atoms with E-state index in [4.69, 9.17) is 24.7 Å². The van der Waals surface area contributed by atoms with E-state index in [-0.39, 0.29) is 22.2 Å². The first kappa shape index (κ1) is 34.3. The van der Waals surface area contributed by atoms with Crippen LogP contribution in [0.4, 0.5) is 15.4 Å². The largest absolute Gasteiger partial charge is 0.443 e. The number of sulfone groups is 1. The number of ether oxygens (including phenoxy) is 2. The first-order chi connectivity index (χ1) is 21.4. The molecule has 2 N–H and O–H groups in total. The van der Waals surface area contributed by atoms with Crippen LogP contribution < -0.4 is 10.6 Å². The molecule has 0 fully saturated rings. The molecule has 0 spiro atoms. The van der Waals surface area contributed by atoms with E-state index in [1.54, 1.807) is 73.6 Å². The third-order valence-electron chi connectivity index (χ3n) is 6.45. The highest BCUT2D eigenvalue weighted by molar-refractivity contribution is 7.92. The predicted molar refractivity (Wildman–Crippen MR) is 174 cm³/mol. The predicted octanol–water partition coefficient (Wildman–Crippen LogP) is 6.78. The lowest BCUT2D eigenvalue weighted by molar-refractivity contribution is 0.0429. The molecule has 4 rings (SSSR count). The minimum atomic E-state index is -3.50. The summed E-state index contributed by atoms with van der Waals surface area (Å²) in [5.41, 5.74) is 6.77. The lowest BCUT2D eigenvalue weighted by Crippen LogP contribution is -2.44. The standard InChI is InChI=1S/C33H39N5O7S/c1-20(2)46(41,42)24-15-13-23(14-16-24)26-19-35-29(38(30(39)43-32(3,4)5)31(40)44-33(6,7)8)28(36-26)27-17-25(37-45-27)22-11-9-21(18-34)10-12-22/h9-17,19-20H,18,34H2,1-8H3. The Kier molecular flexibility index (Phi) is 9.69. The second kappa shape index (κ2) is 13.0. The Morgan fingerprint density at radius 1 is 0.870 bits per heavy atom. The summed E-state index contributed by atoms with van der Waals surface area (Å²) in [6, 6.07) is 15.2. The number of nitrogens with zero attached hydrogens (tertiary/aromatic N) is 4. The number of nitrogens with two attached hydrogens (primary N) is 1. The summed E-state index contributed by atoms with van der Waals surface area (Å²) in [7, 11) is -3.50. The van der Waals surface area contributed by atoms with Crippen LogP contribution in [0.15, 0.2) is 70.2 Å². The summed E-state index contributed by atoms with van der Waals surface area (Å²) >= 11 is 0. The summed E-state index contributed by atoms with van der Waals surface area (Å²) < 4.78 is 42.2. The van der Waals surface area contributed by atoms with Gasteiger partial charge in [0.25, 0.3) is 0 Å². The number of hydrogen-bond donors (Lipinski definition) is 1. The van der Waals surface area contributed by atoms with Crippen LogP contribution in [0.1, 0.15) is 61.0 Å². The van der Waals surface area contributed by atoms with Crippen molar-refractivity contribution in [2.24, 2.45) is 5.73 Å². The van der Waals surface area contributed by atoms with Gasteiger partial charge in [-0.1, -0.05) is 41.6 Å². The molecule has 2 aromatic carbocycles. The number of rotatable bonds is 7. The van der Waals surface area contributed by atoms with Crippen molar-refractivity contribution in [3.63, 3.8) is 0 Å². The molecule has 4 aromatic rings. The Labute approximate surface area is 268 Å². The smallest absolute Gasteiger partial charge is 0.425 e. The SMILES string of the molecule is CC(C)S(=O)(=O)c1ccc(-c2cnc(N(C(=O)OC(C)(C)C)C(=O)OC(C)(C)C)c(-c3cc(-c4ccc(CN)cc4)no3)n2)cc1. The monoisotopic (exact) mass is 649 g/mol. The van der Waals surface area contributed by atoms with Gasteiger partial charge in [0.1, 0.15) is 16.9 Å². The van der Waals surface area contributed by atoms with E-state index in [0.717, 1.165) is 11.1 Å². The average molecular weight is 650 g/mol. The van der Waals surface area contributed by atoms with Gasteiger partial charge < -0.3 is 19.7 Å². The fourth-order valence-electron chi connectivity index (χ4n) is 4.14. The number of anilines is 1. The van der Waals surface area contributed by atoms with Gasteiger partial charge in [0.2, 0.25) is 0 Å². The topological polar surface area (TPSA) is 168 Å². The molecule has 2 amide bonds. The maximum atomic E-state index is 13.5. The van der Waals surface area contributed by atoms with Crippen molar-refractivity contribution in [2.45, 2.75) is 83.3 Å². The molecular formula is C33H39N5O7S.